The fourth-order valence-corrected chi connectivity index (χ4v) is 3.06. The number of nitrogens with two attached hydrogens (primary N) is 1. The molecule has 2 atom stereocenters. The summed E-state index contributed by atoms with van der Waals surface area (Å²) in [5, 5.41) is 0. The first kappa shape index (κ1) is 12.4. The molecule has 1 saturated heterocycles. The highest BCUT2D eigenvalue weighted by molar-refractivity contribution is 5.99. The molecule has 0 radical (unpaired) electrons. The van der Waals surface area contributed by atoms with Crippen LogP contribution in [-0.2, 0) is 4.74 Å². The Morgan fingerprint density at radius 3 is 3.05 bits per heavy atom. The van der Waals surface area contributed by atoms with E-state index in [0.717, 1.165) is 19.3 Å². The van der Waals surface area contributed by atoms with E-state index in [4.69, 9.17) is 10.5 Å². The Hall–Kier alpha value is -1.62. The standard InChI is InChI=1S/C14H17FN2O2/c15-9-4-5-10(11(16)8-9)14(18)17-6-7-19-13-3-1-2-12(13)17/h4-5,8,12-13H,1-3,6-7,16H2. The van der Waals surface area contributed by atoms with Crippen LogP contribution in [0.25, 0.3) is 0 Å². The first-order chi connectivity index (χ1) is 9.16. The fraction of sp³-hybridized carbons (Fsp3) is 0.500. The van der Waals surface area contributed by atoms with Crippen LogP contribution in [0.4, 0.5) is 10.1 Å². The Labute approximate surface area is 111 Å². The van der Waals surface area contributed by atoms with E-state index in [1.54, 1.807) is 0 Å². The summed E-state index contributed by atoms with van der Waals surface area (Å²) in [7, 11) is 0. The van der Waals surface area contributed by atoms with E-state index in [9.17, 15) is 9.18 Å². The number of hydrogen-bond acceptors (Lipinski definition) is 3. The van der Waals surface area contributed by atoms with Gasteiger partial charge in [0.05, 0.1) is 24.3 Å². The van der Waals surface area contributed by atoms with Crippen molar-refractivity contribution in [2.75, 3.05) is 18.9 Å². The number of halogens is 1. The van der Waals surface area contributed by atoms with Gasteiger partial charge in [0.25, 0.3) is 5.91 Å². The molecular formula is C14H17FN2O2. The van der Waals surface area contributed by atoms with Gasteiger partial charge in [0, 0.05) is 12.2 Å². The quantitative estimate of drug-likeness (QED) is 0.787. The van der Waals surface area contributed by atoms with E-state index >= 15 is 0 Å². The van der Waals surface area contributed by atoms with Crippen molar-refractivity contribution in [1.29, 1.82) is 0 Å². The van der Waals surface area contributed by atoms with E-state index in [0.29, 0.717) is 18.7 Å². The molecule has 0 bridgehead atoms. The average Bonchev–Trinajstić information content (AvgIpc) is 2.86. The van der Waals surface area contributed by atoms with Crippen molar-refractivity contribution >= 4 is 11.6 Å². The lowest BCUT2D eigenvalue weighted by Gasteiger charge is -2.37. The number of ether oxygens (including phenoxy) is 1. The summed E-state index contributed by atoms with van der Waals surface area (Å²) in [4.78, 5) is 14.4. The lowest BCUT2D eigenvalue weighted by atomic mass is 10.1. The van der Waals surface area contributed by atoms with Gasteiger partial charge in [-0.1, -0.05) is 0 Å². The summed E-state index contributed by atoms with van der Waals surface area (Å²) in [6.07, 6.45) is 3.21. The molecule has 0 spiro atoms. The van der Waals surface area contributed by atoms with Crippen LogP contribution in [0.1, 0.15) is 29.6 Å². The van der Waals surface area contributed by atoms with Crippen molar-refractivity contribution in [1.82, 2.24) is 4.90 Å². The summed E-state index contributed by atoms with van der Waals surface area (Å²) in [5.74, 6) is -0.535. The molecule has 2 N–H and O–H groups in total. The molecule has 2 aliphatic rings. The number of nitrogen functional groups attached to an aromatic ring is 1. The molecule has 2 unspecified atom stereocenters. The Morgan fingerprint density at radius 1 is 1.42 bits per heavy atom. The van der Waals surface area contributed by atoms with Crippen molar-refractivity contribution < 1.29 is 13.9 Å². The summed E-state index contributed by atoms with van der Waals surface area (Å²) in [6.45, 7) is 1.14. The summed E-state index contributed by atoms with van der Waals surface area (Å²) < 4.78 is 18.7. The molecule has 4 nitrogen and oxygen atoms in total. The van der Waals surface area contributed by atoms with Crippen molar-refractivity contribution in [2.45, 2.75) is 31.4 Å². The van der Waals surface area contributed by atoms with E-state index in [-0.39, 0.29) is 23.7 Å². The summed E-state index contributed by atoms with van der Waals surface area (Å²) in [6, 6.07) is 4.08. The van der Waals surface area contributed by atoms with Gasteiger partial charge in [-0.3, -0.25) is 4.79 Å². The number of benzene rings is 1. The zero-order valence-corrected chi connectivity index (χ0v) is 10.6. The molecule has 1 heterocycles. The van der Waals surface area contributed by atoms with Crippen molar-refractivity contribution in [2.24, 2.45) is 0 Å². The highest BCUT2D eigenvalue weighted by Gasteiger charge is 2.38. The van der Waals surface area contributed by atoms with Crippen LogP contribution < -0.4 is 5.73 Å². The zero-order valence-electron chi connectivity index (χ0n) is 10.6. The van der Waals surface area contributed by atoms with Crippen LogP contribution in [0.15, 0.2) is 18.2 Å². The topological polar surface area (TPSA) is 55.6 Å². The maximum absolute atomic E-state index is 13.0. The van der Waals surface area contributed by atoms with E-state index in [1.807, 2.05) is 4.90 Å². The largest absolute Gasteiger partial charge is 0.398 e. The maximum atomic E-state index is 13.0. The smallest absolute Gasteiger partial charge is 0.256 e. The van der Waals surface area contributed by atoms with Gasteiger partial charge >= 0.3 is 0 Å². The predicted octanol–water partition coefficient (Wildman–Crippen LogP) is 1.80. The van der Waals surface area contributed by atoms with Gasteiger partial charge in [0.1, 0.15) is 5.82 Å². The predicted molar refractivity (Wildman–Crippen MR) is 69.2 cm³/mol. The molecule has 1 aliphatic carbocycles. The third-order valence-corrected chi connectivity index (χ3v) is 3.99. The van der Waals surface area contributed by atoms with Crippen molar-refractivity contribution in [3.8, 4) is 0 Å². The number of rotatable bonds is 1. The number of carbonyl (C=O) groups excluding carboxylic acids is 1. The second kappa shape index (κ2) is 4.81. The molecule has 1 aromatic carbocycles. The summed E-state index contributed by atoms with van der Waals surface area (Å²) >= 11 is 0. The third kappa shape index (κ3) is 2.18. The second-order valence-electron chi connectivity index (χ2n) is 5.14. The van der Waals surface area contributed by atoms with E-state index in [1.165, 1.54) is 18.2 Å². The minimum absolute atomic E-state index is 0.113. The number of carbonyl (C=O) groups is 1. The van der Waals surface area contributed by atoms with Crippen LogP contribution in [-0.4, -0.2) is 36.1 Å². The summed E-state index contributed by atoms with van der Waals surface area (Å²) in [5.41, 5.74) is 6.33. The first-order valence-electron chi connectivity index (χ1n) is 6.64. The minimum Gasteiger partial charge on any atom is -0.398 e. The fourth-order valence-electron chi connectivity index (χ4n) is 3.06. The van der Waals surface area contributed by atoms with Crippen LogP contribution >= 0.6 is 0 Å². The zero-order chi connectivity index (χ0) is 13.4. The molecule has 19 heavy (non-hydrogen) atoms. The maximum Gasteiger partial charge on any atom is 0.256 e. The monoisotopic (exact) mass is 264 g/mol. The lowest BCUT2D eigenvalue weighted by molar-refractivity contribution is -0.0445. The first-order valence-corrected chi connectivity index (χ1v) is 6.64. The highest BCUT2D eigenvalue weighted by atomic mass is 19.1. The van der Waals surface area contributed by atoms with E-state index < -0.39 is 5.82 Å². The van der Waals surface area contributed by atoms with Crippen LogP contribution in [0.2, 0.25) is 0 Å². The van der Waals surface area contributed by atoms with Crippen LogP contribution in [0.5, 0.6) is 0 Å². The third-order valence-electron chi connectivity index (χ3n) is 3.99. The molecule has 1 aliphatic heterocycles. The lowest BCUT2D eigenvalue weighted by Crippen LogP contribution is -2.51. The van der Waals surface area contributed by atoms with Gasteiger partial charge in [-0.2, -0.15) is 0 Å². The number of hydrogen-bond donors (Lipinski definition) is 1. The number of anilines is 1. The van der Waals surface area contributed by atoms with Gasteiger partial charge < -0.3 is 15.4 Å². The van der Waals surface area contributed by atoms with Gasteiger partial charge in [-0.05, 0) is 37.5 Å². The molecule has 2 fully saturated rings. The normalized spacial score (nSPS) is 26.3. The number of amides is 1. The molecule has 5 heteroatoms. The van der Waals surface area contributed by atoms with Gasteiger partial charge in [-0.25, -0.2) is 4.39 Å². The Bertz CT molecular complexity index is 506. The van der Waals surface area contributed by atoms with Crippen LogP contribution in [0, 0.1) is 5.82 Å². The number of nitrogens with zero attached hydrogens (tertiary/aromatic N) is 1. The second-order valence-corrected chi connectivity index (χ2v) is 5.14. The molecule has 1 saturated carbocycles. The SMILES string of the molecule is Nc1cc(F)ccc1C(=O)N1CCOC2CCCC21. The Morgan fingerprint density at radius 2 is 2.26 bits per heavy atom. The van der Waals surface area contributed by atoms with Crippen molar-refractivity contribution in [3.63, 3.8) is 0 Å². The molecule has 1 aromatic rings. The molecule has 0 aromatic heterocycles. The van der Waals surface area contributed by atoms with Gasteiger partial charge in [0.2, 0.25) is 0 Å². The average molecular weight is 264 g/mol. The van der Waals surface area contributed by atoms with Gasteiger partial charge in [0.15, 0.2) is 0 Å². The van der Waals surface area contributed by atoms with Crippen LogP contribution in [0.3, 0.4) is 0 Å². The van der Waals surface area contributed by atoms with Gasteiger partial charge in [-0.15, -0.1) is 0 Å². The highest BCUT2D eigenvalue weighted by Crippen LogP contribution is 2.31. The molecule has 102 valence electrons. The molecular weight excluding hydrogens is 247 g/mol. The minimum atomic E-state index is -0.422. The Kier molecular flexibility index (Phi) is 3.14. The molecule has 3 rings (SSSR count). The number of morpholine rings is 1. The van der Waals surface area contributed by atoms with E-state index in [2.05, 4.69) is 0 Å². The van der Waals surface area contributed by atoms with Crippen molar-refractivity contribution in [3.05, 3.63) is 29.6 Å². The molecule has 1 amide bonds. The number of fused-ring (bicyclic) bond motifs is 1. The Balaban J connectivity index is 1.86.